The maximum absolute atomic E-state index is 12.5. The van der Waals surface area contributed by atoms with Crippen molar-refractivity contribution in [3.63, 3.8) is 0 Å². The molecular weight excluding hydrogens is 336 g/mol. The molecule has 0 bridgehead atoms. The molecule has 0 N–H and O–H groups in total. The number of carbonyl (C=O) groups excluding carboxylic acids is 1. The number of hydrogen-bond donors (Lipinski definition) is 0. The fourth-order valence-corrected chi connectivity index (χ4v) is 3.48. The van der Waals surface area contributed by atoms with Gasteiger partial charge in [-0.15, -0.1) is 12.3 Å². The Morgan fingerprint density at radius 1 is 1.27 bits per heavy atom. The van der Waals surface area contributed by atoms with Gasteiger partial charge < -0.3 is 0 Å². The summed E-state index contributed by atoms with van der Waals surface area (Å²) in [4.78, 5) is 12.5. The molecule has 0 spiro atoms. The summed E-state index contributed by atoms with van der Waals surface area (Å²) in [6, 6.07) is 8.30. The van der Waals surface area contributed by atoms with E-state index in [0.717, 1.165) is 31.2 Å². The van der Waals surface area contributed by atoms with Crippen LogP contribution in [0.15, 0.2) is 24.3 Å². The lowest BCUT2D eigenvalue weighted by molar-refractivity contribution is -0.121. The summed E-state index contributed by atoms with van der Waals surface area (Å²) in [5.41, 5.74) is 2.02. The van der Waals surface area contributed by atoms with E-state index in [1.54, 1.807) is 0 Å². The molecule has 0 heterocycles. The van der Waals surface area contributed by atoms with Crippen molar-refractivity contribution in [1.82, 2.24) is 0 Å². The van der Waals surface area contributed by atoms with Crippen LogP contribution in [0.25, 0.3) is 0 Å². The molecule has 0 saturated heterocycles. The van der Waals surface area contributed by atoms with Crippen molar-refractivity contribution in [2.75, 3.05) is 5.33 Å². The summed E-state index contributed by atoms with van der Waals surface area (Å²) >= 11 is 3.35. The molecule has 1 unspecified atom stereocenters. The van der Waals surface area contributed by atoms with Crippen LogP contribution in [0.5, 0.6) is 0 Å². The lowest BCUT2D eigenvalue weighted by Gasteiger charge is -2.30. The van der Waals surface area contributed by atoms with E-state index in [4.69, 9.17) is 6.42 Å². The van der Waals surface area contributed by atoms with Gasteiger partial charge >= 0.3 is 0 Å². The van der Waals surface area contributed by atoms with E-state index in [1.165, 1.54) is 5.56 Å². The molecule has 0 fully saturated rings. The third-order valence-electron chi connectivity index (χ3n) is 4.50. The Labute approximate surface area is 144 Å². The normalized spacial score (nSPS) is 14.2. The minimum atomic E-state index is -0.429. The molecular formula is C20H27BrO. The number of halogens is 1. The SMILES string of the molecule is C#CCC(C)(C)CCCC(C)(C(=O)CBr)c1cccc(C)c1. The second kappa shape index (κ2) is 7.97. The van der Waals surface area contributed by atoms with E-state index < -0.39 is 5.41 Å². The van der Waals surface area contributed by atoms with Gasteiger partial charge in [-0.2, -0.15) is 0 Å². The average Bonchev–Trinajstić information content (AvgIpc) is 2.45. The highest BCUT2D eigenvalue weighted by molar-refractivity contribution is 9.09. The zero-order chi connectivity index (χ0) is 16.8. The van der Waals surface area contributed by atoms with Crippen LogP contribution in [-0.4, -0.2) is 11.1 Å². The second-order valence-corrected chi connectivity index (χ2v) is 7.72. The molecule has 0 aliphatic carbocycles. The van der Waals surface area contributed by atoms with Gasteiger partial charge in [-0.25, -0.2) is 0 Å². The number of terminal acetylenes is 1. The third kappa shape index (κ3) is 4.99. The van der Waals surface area contributed by atoms with Gasteiger partial charge in [-0.1, -0.05) is 66.0 Å². The predicted octanol–water partition coefficient (Wildman–Crippen LogP) is 5.44. The number of ketones is 1. The van der Waals surface area contributed by atoms with Crippen LogP contribution in [0.2, 0.25) is 0 Å². The minimum absolute atomic E-state index is 0.139. The summed E-state index contributed by atoms with van der Waals surface area (Å²) in [6.45, 7) is 8.53. The summed E-state index contributed by atoms with van der Waals surface area (Å²) in [6.07, 6.45) is 9.11. The minimum Gasteiger partial charge on any atom is -0.298 e. The van der Waals surface area contributed by atoms with E-state index in [9.17, 15) is 4.79 Å². The molecule has 1 aromatic rings. The van der Waals surface area contributed by atoms with Crippen LogP contribution in [-0.2, 0) is 10.2 Å². The Balaban J connectivity index is 2.91. The van der Waals surface area contributed by atoms with Gasteiger partial charge in [0.05, 0.1) is 10.7 Å². The van der Waals surface area contributed by atoms with Crippen molar-refractivity contribution in [3.8, 4) is 12.3 Å². The zero-order valence-electron chi connectivity index (χ0n) is 14.2. The highest BCUT2D eigenvalue weighted by atomic mass is 79.9. The largest absolute Gasteiger partial charge is 0.298 e. The first-order chi connectivity index (χ1) is 10.2. The Bertz CT molecular complexity index is 553. The molecule has 0 saturated carbocycles. The molecule has 1 aromatic carbocycles. The Hall–Kier alpha value is -1.07. The molecule has 1 rings (SSSR count). The lowest BCUT2D eigenvalue weighted by atomic mass is 9.73. The summed E-state index contributed by atoms with van der Waals surface area (Å²) in [7, 11) is 0. The molecule has 1 atom stereocenters. The van der Waals surface area contributed by atoms with Gasteiger partial charge in [0.15, 0.2) is 5.78 Å². The molecule has 2 heteroatoms. The molecule has 0 amide bonds. The summed E-state index contributed by atoms with van der Waals surface area (Å²) < 4.78 is 0. The van der Waals surface area contributed by atoms with Crippen LogP contribution in [0.4, 0.5) is 0 Å². The van der Waals surface area contributed by atoms with Crippen molar-refractivity contribution in [2.45, 2.75) is 58.8 Å². The fraction of sp³-hybridized carbons (Fsp3) is 0.550. The third-order valence-corrected chi connectivity index (χ3v) is 5.01. The molecule has 22 heavy (non-hydrogen) atoms. The molecule has 0 radical (unpaired) electrons. The first kappa shape index (κ1) is 19.0. The monoisotopic (exact) mass is 362 g/mol. The predicted molar refractivity (Wildman–Crippen MR) is 98.4 cm³/mol. The number of hydrogen-bond acceptors (Lipinski definition) is 1. The highest BCUT2D eigenvalue weighted by Gasteiger charge is 2.34. The number of benzene rings is 1. The molecule has 120 valence electrons. The first-order valence-electron chi connectivity index (χ1n) is 7.85. The van der Waals surface area contributed by atoms with Gasteiger partial charge in [0.2, 0.25) is 0 Å². The Morgan fingerprint density at radius 3 is 2.50 bits per heavy atom. The quantitative estimate of drug-likeness (QED) is 0.444. The van der Waals surface area contributed by atoms with E-state index >= 15 is 0 Å². The number of rotatable bonds is 8. The summed E-state index contributed by atoms with van der Waals surface area (Å²) in [5, 5.41) is 0.394. The lowest BCUT2D eigenvalue weighted by Crippen LogP contribution is -2.34. The van der Waals surface area contributed by atoms with Crippen molar-refractivity contribution in [3.05, 3.63) is 35.4 Å². The first-order valence-corrected chi connectivity index (χ1v) is 8.97. The highest BCUT2D eigenvalue weighted by Crippen LogP contribution is 2.35. The van der Waals surface area contributed by atoms with Gasteiger partial charge in [-0.05, 0) is 37.7 Å². The van der Waals surface area contributed by atoms with E-state index in [-0.39, 0.29) is 11.2 Å². The van der Waals surface area contributed by atoms with Crippen molar-refractivity contribution < 1.29 is 4.79 Å². The van der Waals surface area contributed by atoms with Gasteiger partial charge in [-0.3, -0.25) is 4.79 Å². The van der Waals surface area contributed by atoms with Crippen molar-refractivity contribution in [2.24, 2.45) is 5.41 Å². The molecule has 0 aliphatic rings. The number of alkyl halides is 1. The smallest absolute Gasteiger partial charge is 0.153 e. The van der Waals surface area contributed by atoms with Gasteiger partial charge in [0.1, 0.15) is 0 Å². The number of aryl methyl sites for hydroxylation is 1. The summed E-state index contributed by atoms with van der Waals surface area (Å²) in [5.74, 6) is 3.00. The van der Waals surface area contributed by atoms with Gasteiger partial charge in [0, 0.05) is 6.42 Å². The number of carbonyl (C=O) groups is 1. The van der Waals surface area contributed by atoms with Crippen LogP contribution in [0, 0.1) is 24.7 Å². The maximum atomic E-state index is 12.5. The topological polar surface area (TPSA) is 17.1 Å². The van der Waals surface area contributed by atoms with E-state index in [1.807, 2.05) is 6.07 Å². The molecule has 0 aromatic heterocycles. The molecule has 0 aliphatic heterocycles. The van der Waals surface area contributed by atoms with Crippen molar-refractivity contribution >= 4 is 21.7 Å². The second-order valence-electron chi connectivity index (χ2n) is 7.16. The zero-order valence-corrected chi connectivity index (χ0v) is 15.8. The number of Topliss-reactive ketones (excluding diaryl/α,β-unsaturated/α-hetero) is 1. The van der Waals surface area contributed by atoms with E-state index in [2.05, 4.69) is 67.7 Å². The van der Waals surface area contributed by atoms with Crippen LogP contribution >= 0.6 is 15.9 Å². The fourth-order valence-electron chi connectivity index (χ4n) is 2.87. The Kier molecular flexibility index (Phi) is 6.88. The van der Waals surface area contributed by atoms with Crippen molar-refractivity contribution in [1.29, 1.82) is 0 Å². The van der Waals surface area contributed by atoms with Crippen LogP contribution in [0.3, 0.4) is 0 Å². The average molecular weight is 363 g/mol. The van der Waals surface area contributed by atoms with Gasteiger partial charge in [0.25, 0.3) is 0 Å². The van der Waals surface area contributed by atoms with E-state index in [0.29, 0.717) is 5.33 Å². The maximum Gasteiger partial charge on any atom is 0.153 e. The molecule has 1 nitrogen and oxygen atoms in total. The Morgan fingerprint density at radius 2 is 1.95 bits per heavy atom. The van der Waals surface area contributed by atoms with Crippen LogP contribution in [0.1, 0.15) is 57.6 Å². The van der Waals surface area contributed by atoms with Crippen LogP contribution < -0.4 is 0 Å². The standard InChI is InChI=1S/C20H27BrO/c1-6-11-19(3,4)12-8-13-20(5,18(22)15-21)17-10-7-9-16(2)14-17/h1,7,9-10,14H,8,11-13,15H2,2-5H3.